The number of rotatable bonds is 3. The maximum atomic E-state index is 12.0. The van der Waals surface area contributed by atoms with Crippen LogP contribution in [0.2, 0.25) is 0 Å². The highest BCUT2D eigenvalue weighted by Crippen LogP contribution is 2.32. The molecule has 0 aromatic heterocycles. The quantitative estimate of drug-likeness (QED) is 0.482. The molecule has 1 unspecified atom stereocenters. The van der Waals surface area contributed by atoms with Crippen molar-refractivity contribution >= 4 is 11.9 Å². The van der Waals surface area contributed by atoms with Gasteiger partial charge < -0.3 is 14.2 Å². The predicted octanol–water partition coefficient (Wildman–Crippen LogP) is 2.80. The van der Waals surface area contributed by atoms with Crippen molar-refractivity contribution in [3.05, 3.63) is 41.0 Å². The molecule has 1 aliphatic rings. The standard InChI is InChI=1S/C15H16O5/c1-8(2)14(16)11-6-10-7-13(20-15(17)18-4)19-12(10)5-9(11)3/h5-6,13H,1,7H2,2-4H3. The van der Waals surface area contributed by atoms with Crippen molar-refractivity contribution in [3.8, 4) is 5.75 Å². The van der Waals surface area contributed by atoms with E-state index in [1.54, 1.807) is 19.1 Å². The van der Waals surface area contributed by atoms with E-state index in [0.717, 1.165) is 11.1 Å². The Bertz CT molecular complexity index is 588. The summed E-state index contributed by atoms with van der Waals surface area (Å²) in [6, 6.07) is 3.54. The van der Waals surface area contributed by atoms with Gasteiger partial charge in [-0.1, -0.05) is 6.58 Å². The zero-order valence-electron chi connectivity index (χ0n) is 11.7. The summed E-state index contributed by atoms with van der Waals surface area (Å²) < 4.78 is 14.9. The van der Waals surface area contributed by atoms with E-state index in [-0.39, 0.29) is 5.78 Å². The van der Waals surface area contributed by atoms with E-state index in [4.69, 9.17) is 9.47 Å². The second kappa shape index (κ2) is 5.36. The first-order chi connectivity index (χ1) is 9.42. The number of benzene rings is 1. The summed E-state index contributed by atoms with van der Waals surface area (Å²) in [7, 11) is 1.23. The van der Waals surface area contributed by atoms with Crippen molar-refractivity contribution in [3.63, 3.8) is 0 Å². The molecule has 20 heavy (non-hydrogen) atoms. The van der Waals surface area contributed by atoms with Gasteiger partial charge in [0, 0.05) is 11.1 Å². The number of ether oxygens (including phenoxy) is 3. The minimum Gasteiger partial charge on any atom is -0.454 e. The van der Waals surface area contributed by atoms with E-state index in [0.29, 0.717) is 23.3 Å². The summed E-state index contributed by atoms with van der Waals surface area (Å²) in [5.41, 5.74) is 2.71. The Morgan fingerprint density at radius 1 is 1.40 bits per heavy atom. The molecule has 0 bridgehead atoms. The lowest BCUT2D eigenvalue weighted by atomic mass is 9.97. The van der Waals surface area contributed by atoms with Crippen LogP contribution in [-0.4, -0.2) is 25.3 Å². The molecule has 2 rings (SSSR count). The van der Waals surface area contributed by atoms with Crippen molar-refractivity contribution in [1.29, 1.82) is 0 Å². The largest absolute Gasteiger partial charge is 0.511 e. The average Bonchev–Trinajstić information content (AvgIpc) is 2.77. The first kappa shape index (κ1) is 14.1. The van der Waals surface area contributed by atoms with Crippen LogP contribution >= 0.6 is 0 Å². The fraction of sp³-hybridized carbons (Fsp3) is 0.333. The lowest BCUT2D eigenvalue weighted by Crippen LogP contribution is -2.21. The van der Waals surface area contributed by atoms with E-state index in [1.165, 1.54) is 7.11 Å². The summed E-state index contributed by atoms with van der Waals surface area (Å²) in [4.78, 5) is 23.1. The molecule has 0 saturated heterocycles. The second-order valence-corrected chi connectivity index (χ2v) is 4.71. The van der Waals surface area contributed by atoms with Crippen molar-refractivity contribution in [1.82, 2.24) is 0 Å². The van der Waals surface area contributed by atoms with Gasteiger partial charge in [0.05, 0.1) is 13.5 Å². The number of methoxy groups -OCH3 is 1. The number of carbonyl (C=O) groups excluding carboxylic acids is 2. The number of Topliss-reactive ketones (excluding diaryl/α,β-unsaturated/α-hetero) is 1. The summed E-state index contributed by atoms with van der Waals surface area (Å²) in [6.07, 6.45) is -1.12. The molecule has 1 aliphatic heterocycles. The van der Waals surface area contributed by atoms with Gasteiger partial charge >= 0.3 is 6.16 Å². The molecule has 0 radical (unpaired) electrons. The molecule has 0 spiro atoms. The third-order valence-electron chi connectivity index (χ3n) is 3.08. The SMILES string of the molecule is C=C(C)C(=O)c1cc2c(cc1C)OC(OC(=O)OC)C2. The van der Waals surface area contributed by atoms with Gasteiger partial charge in [0.2, 0.25) is 0 Å². The Kier molecular flexibility index (Phi) is 3.79. The normalized spacial score (nSPS) is 16.1. The summed E-state index contributed by atoms with van der Waals surface area (Å²) in [5, 5.41) is 0. The molecular formula is C15H16O5. The fourth-order valence-corrected chi connectivity index (χ4v) is 2.05. The maximum absolute atomic E-state index is 12.0. The van der Waals surface area contributed by atoms with Crippen molar-refractivity contribution < 1.29 is 23.8 Å². The lowest BCUT2D eigenvalue weighted by molar-refractivity contribution is -0.0461. The van der Waals surface area contributed by atoms with Gasteiger partial charge in [0.15, 0.2) is 5.78 Å². The molecule has 1 aromatic carbocycles. The van der Waals surface area contributed by atoms with Gasteiger partial charge in [-0.15, -0.1) is 0 Å². The molecule has 5 nitrogen and oxygen atoms in total. The second-order valence-electron chi connectivity index (χ2n) is 4.71. The highest BCUT2D eigenvalue weighted by atomic mass is 16.8. The predicted molar refractivity (Wildman–Crippen MR) is 71.9 cm³/mol. The average molecular weight is 276 g/mol. The Balaban J connectivity index is 2.23. The number of fused-ring (bicyclic) bond motifs is 1. The number of hydrogen-bond acceptors (Lipinski definition) is 5. The van der Waals surface area contributed by atoms with Crippen LogP contribution in [0.1, 0.15) is 28.4 Å². The van der Waals surface area contributed by atoms with Gasteiger partial charge in [-0.3, -0.25) is 4.79 Å². The molecule has 1 heterocycles. The van der Waals surface area contributed by atoms with Crippen LogP contribution in [0.15, 0.2) is 24.3 Å². The van der Waals surface area contributed by atoms with Crippen LogP contribution in [0.5, 0.6) is 5.75 Å². The van der Waals surface area contributed by atoms with Crippen LogP contribution in [0.4, 0.5) is 4.79 Å². The Hall–Kier alpha value is -2.30. The molecule has 0 amide bonds. The number of hydrogen-bond donors (Lipinski definition) is 0. The smallest absolute Gasteiger partial charge is 0.454 e. The first-order valence-corrected chi connectivity index (χ1v) is 6.17. The van der Waals surface area contributed by atoms with E-state index < -0.39 is 12.4 Å². The third kappa shape index (κ3) is 2.66. The van der Waals surface area contributed by atoms with E-state index in [9.17, 15) is 9.59 Å². The van der Waals surface area contributed by atoms with Crippen LogP contribution in [0, 0.1) is 6.92 Å². The molecule has 0 aliphatic carbocycles. The number of ketones is 1. The first-order valence-electron chi connectivity index (χ1n) is 6.17. The minimum atomic E-state index is -0.794. The van der Waals surface area contributed by atoms with Gasteiger partial charge in [-0.25, -0.2) is 4.79 Å². The summed E-state index contributed by atoms with van der Waals surface area (Å²) >= 11 is 0. The number of carbonyl (C=O) groups is 2. The van der Waals surface area contributed by atoms with Crippen molar-refractivity contribution in [2.24, 2.45) is 0 Å². The van der Waals surface area contributed by atoms with E-state index >= 15 is 0 Å². The fourth-order valence-electron chi connectivity index (χ4n) is 2.05. The van der Waals surface area contributed by atoms with Gasteiger partial charge in [0.25, 0.3) is 6.29 Å². The van der Waals surface area contributed by atoms with E-state index in [1.807, 2.05) is 6.92 Å². The third-order valence-corrected chi connectivity index (χ3v) is 3.08. The molecule has 1 aromatic rings. The van der Waals surface area contributed by atoms with Gasteiger partial charge in [-0.05, 0) is 37.1 Å². The van der Waals surface area contributed by atoms with Gasteiger partial charge in [-0.2, -0.15) is 0 Å². The van der Waals surface area contributed by atoms with E-state index in [2.05, 4.69) is 11.3 Å². The molecule has 5 heteroatoms. The summed E-state index contributed by atoms with van der Waals surface area (Å²) in [5.74, 6) is 0.525. The zero-order chi connectivity index (χ0) is 14.9. The number of allylic oxidation sites excluding steroid dienone is 1. The van der Waals surface area contributed by atoms with Crippen LogP contribution in [0.3, 0.4) is 0 Å². The zero-order valence-corrected chi connectivity index (χ0v) is 11.7. The molecule has 0 saturated carbocycles. The van der Waals surface area contributed by atoms with Crippen molar-refractivity contribution in [2.45, 2.75) is 26.6 Å². The van der Waals surface area contributed by atoms with Crippen LogP contribution in [0.25, 0.3) is 0 Å². The van der Waals surface area contributed by atoms with Crippen molar-refractivity contribution in [2.75, 3.05) is 7.11 Å². The monoisotopic (exact) mass is 276 g/mol. The molecule has 0 N–H and O–H groups in total. The highest BCUT2D eigenvalue weighted by molar-refractivity contribution is 6.09. The van der Waals surface area contributed by atoms with Crippen LogP contribution < -0.4 is 4.74 Å². The Morgan fingerprint density at radius 3 is 2.70 bits per heavy atom. The van der Waals surface area contributed by atoms with Crippen LogP contribution in [-0.2, 0) is 15.9 Å². The Morgan fingerprint density at radius 2 is 2.10 bits per heavy atom. The lowest BCUT2D eigenvalue weighted by Gasteiger charge is -2.10. The minimum absolute atomic E-state index is 0.0948. The number of aryl methyl sites for hydroxylation is 1. The highest BCUT2D eigenvalue weighted by Gasteiger charge is 2.28. The molecule has 1 atom stereocenters. The summed E-state index contributed by atoms with van der Waals surface area (Å²) in [6.45, 7) is 7.17. The topological polar surface area (TPSA) is 61.8 Å². The van der Waals surface area contributed by atoms with Gasteiger partial charge in [0.1, 0.15) is 5.75 Å². The molecule has 0 fully saturated rings. The molecule has 106 valence electrons. The maximum Gasteiger partial charge on any atom is 0.511 e. The Labute approximate surface area is 117 Å². The molecular weight excluding hydrogens is 260 g/mol.